The van der Waals surface area contributed by atoms with Gasteiger partial charge in [0.2, 0.25) is 0 Å². The molecule has 1 heterocycles. The molecule has 104 valence electrons. The van der Waals surface area contributed by atoms with Gasteiger partial charge in [0.05, 0.1) is 17.4 Å². The van der Waals surface area contributed by atoms with Crippen LogP contribution in [0.25, 0.3) is 0 Å². The first-order valence-electron chi connectivity index (χ1n) is 6.38. The summed E-state index contributed by atoms with van der Waals surface area (Å²) >= 11 is 1.64. The van der Waals surface area contributed by atoms with Gasteiger partial charge in [-0.3, -0.25) is 9.78 Å². The molecule has 0 aliphatic heterocycles. The number of carbonyl (C=O) groups is 1. The van der Waals surface area contributed by atoms with Crippen LogP contribution >= 0.6 is 11.8 Å². The van der Waals surface area contributed by atoms with Crippen LogP contribution in [0.4, 0.5) is 11.4 Å². The Bertz CT molecular complexity index is 601. The number of rotatable bonds is 5. The van der Waals surface area contributed by atoms with Gasteiger partial charge in [0.15, 0.2) is 0 Å². The Morgan fingerprint density at radius 3 is 2.95 bits per heavy atom. The van der Waals surface area contributed by atoms with Crippen molar-refractivity contribution in [2.24, 2.45) is 0 Å². The molecule has 20 heavy (non-hydrogen) atoms. The summed E-state index contributed by atoms with van der Waals surface area (Å²) in [6.45, 7) is 2.73. The Labute approximate surface area is 123 Å². The van der Waals surface area contributed by atoms with Crippen LogP contribution in [0.5, 0.6) is 0 Å². The second-order valence-electron chi connectivity index (χ2n) is 4.14. The van der Waals surface area contributed by atoms with Gasteiger partial charge < -0.3 is 10.6 Å². The van der Waals surface area contributed by atoms with E-state index in [2.05, 4.69) is 15.6 Å². The Morgan fingerprint density at radius 2 is 2.20 bits per heavy atom. The van der Waals surface area contributed by atoms with Crippen LogP contribution in [-0.2, 0) is 0 Å². The van der Waals surface area contributed by atoms with Gasteiger partial charge in [-0.05, 0) is 37.4 Å². The van der Waals surface area contributed by atoms with Crippen LogP contribution in [0.15, 0.2) is 47.6 Å². The van der Waals surface area contributed by atoms with Crippen molar-refractivity contribution in [3.63, 3.8) is 0 Å². The number of nitrogens with one attached hydrogen (secondary N) is 2. The van der Waals surface area contributed by atoms with Crippen LogP contribution in [-0.4, -0.2) is 23.7 Å². The number of carbonyl (C=O) groups excluding carboxylic acids is 1. The summed E-state index contributed by atoms with van der Waals surface area (Å²) < 4.78 is 0. The van der Waals surface area contributed by atoms with E-state index < -0.39 is 0 Å². The molecule has 2 N–H and O–H groups in total. The molecule has 5 heteroatoms. The second-order valence-corrected chi connectivity index (χ2v) is 5.02. The summed E-state index contributed by atoms with van der Waals surface area (Å²) in [7, 11) is 0. The standard InChI is InChI=1S/C15H17N3OS/c1-3-17-14-10-16-8-7-13(14)15(19)18-11-5-4-6-12(9-11)20-2/h4-10,17H,3H2,1-2H3,(H,18,19). The molecule has 0 atom stereocenters. The van der Waals surface area contributed by atoms with Crippen molar-refractivity contribution in [3.8, 4) is 0 Å². The number of nitrogens with zero attached hydrogens (tertiary/aromatic N) is 1. The topological polar surface area (TPSA) is 54.0 Å². The average Bonchev–Trinajstić information content (AvgIpc) is 2.48. The zero-order chi connectivity index (χ0) is 14.4. The SMILES string of the molecule is CCNc1cnccc1C(=O)Nc1cccc(SC)c1. The highest BCUT2D eigenvalue weighted by Crippen LogP contribution is 2.20. The van der Waals surface area contributed by atoms with Crippen LogP contribution in [0.1, 0.15) is 17.3 Å². The van der Waals surface area contributed by atoms with Crippen LogP contribution in [0.2, 0.25) is 0 Å². The van der Waals surface area contributed by atoms with Crippen LogP contribution in [0.3, 0.4) is 0 Å². The first kappa shape index (κ1) is 14.4. The molecule has 0 saturated carbocycles. The molecule has 0 aliphatic carbocycles. The maximum absolute atomic E-state index is 12.3. The predicted molar refractivity (Wildman–Crippen MR) is 84.6 cm³/mol. The molecule has 0 unspecified atom stereocenters. The molecule has 2 aromatic rings. The zero-order valence-electron chi connectivity index (χ0n) is 11.5. The first-order valence-corrected chi connectivity index (χ1v) is 7.60. The smallest absolute Gasteiger partial charge is 0.257 e. The van der Waals surface area contributed by atoms with Crippen molar-refractivity contribution < 1.29 is 4.79 Å². The van der Waals surface area contributed by atoms with Crippen molar-refractivity contribution in [2.45, 2.75) is 11.8 Å². The van der Waals surface area contributed by atoms with E-state index in [-0.39, 0.29) is 5.91 Å². The lowest BCUT2D eigenvalue weighted by Crippen LogP contribution is -2.15. The first-order chi connectivity index (χ1) is 9.74. The van der Waals surface area contributed by atoms with Crippen molar-refractivity contribution in [2.75, 3.05) is 23.4 Å². The summed E-state index contributed by atoms with van der Waals surface area (Å²) in [5.41, 5.74) is 2.13. The molecule has 1 aromatic heterocycles. The molecule has 0 fully saturated rings. The monoisotopic (exact) mass is 287 g/mol. The van der Waals surface area contributed by atoms with Gasteiger partial charge in [0.25, 0.3) is 5.91 Å². The number of amides is 1. The number of hydrogen-bond donors (Lipinski definition) is 2. The minimum atomic E-state index is -0.137. The fraction of sp³-hybridized carbons (Fsp3) is 0.200. The lowest BCUT2D eigenvalue weighted by Gasteiger charge is -2.11. The van der Waals surface area contributed by atoms with Gasteiger partial charge >= 0.3 is 0 Å². The highest BCUT2D eigenvalue weighted by atomic mass is 32.2. The fourth-order valence-electron chi connectivity index (χ4n) is 1.82. The summed E-state index contributed by atoms with van der Waals surface area (Å²) in [4.78, 5) is 17.5. The third-order valence-corrected chi connectivity index (χ3v) is 3.49. The zero-order valence-corrected chi connectivity index (χ0v) is 12.3. The second kappa shape index (κ2) is 6.96. The fourth-order valence-corrected chi connectivity index (χ4v) is 2.28. The highest BCUT2D eigenvalue weighted by Gasteiger charge is 2.11. The predicted octanol–water partition coefficient (Wildman–Crippen LogP) is 3.49. The van der Waals surface area contributed by atoms with Gasteiger partial charge in [-0.2, -0.15) is 0 Å². The normalized spacial score (nSPS) is 10.1. The number of thioether (sulfide) groups is 1. The van der Waals surface area contributed by atoms with Gasteiger partial charge in [-0.1, -0.05) is 6.07 Å². The van der Waals surface area contributed by atoms with E-state index in [1.165, 1.54) is 0 Å². The quantitative estimate of drug-likeness (QED) is 0.827. The van der Waals surface area contributed by atoms with Gasteiger partial charge in [-0.25, -0.2) is 0 Å². The third-order valence-electron chi connectivity index (χ3n) is 2.76. The maximum atomic E-state index is 12.3. The Balaban J connectivity index is 2.19. The Hall–Kier alpha value is -2.01. The van der Waals surface area contributed by atoms with Gasteiger partial charge in [-0.15, -0.1) is 11.8 Å². The molecule has 1 aromatic carbocycles. The molecule has 1 amide bonds. The summed E-state index contributed by atoms with van der Waals surface area (Å²) in [6, 6.07) is 9.49. The molecule has 0 radical (unpaired) electrons. The molecule has 0 bridgehead atoms. The lowest BCUT2D eigenvalue weighted by atomic mass is 10.2. The molecule has 4 nitrogen and oxygen atoms in total. The molecule has 0 aliphatic rings. The van der Waals surface area contributed by atoms with Crippen LogP contribution in [0, 0.1) is 0 Å². The molecule has 0 saturated heterocycles. The molecule has 0 spiro atoms. The third kappa shape index (κ3) is 3.51. The molecular formula is C15H17N3OS. The number of benzene rings is 1. The van der Waals surface area contributed by atoms with E-state index in [0.29, 0.717) is 5.56 Å². The molecule has 2 rings (SSSR count). The molecular weight excluding hydrogens is 270 g/mol. The van der Waals surface area contributed by atoms with E-state index in [4.69, 9.17) is 0 Å². The van der Waals surface area contributed by atoms with E-state index in [0.717, 1.165) is 22.8 Å². The lowest BCUT2D eigenvalue weighted by molar-refractivity contribution is 0.102. The number of pyridine rings is 1. The van der Waals surface area contributed by atoms with Crippen molar-refractivity contribution in [1.29, 1.82) is 0 Å². The number of anilines is 2. The minimum Gasteiger partial charge on any atom is -0.383 e. The Kier molecular flexibility index (Phi) is 5.01. The van der Waals surface area contributed by atoms with E-state index in [9.17, 15) is 4.79 Å². The van der Waals surface area contributed by atoms with Crippen molar-refractivity contribution in [3.05, 3.63) is 48.3 Å². The summed E-state index contributed by atoms with van der Waals surface area (Å²) in [5.74, 6) is -0.137. The van der Waals surface area contributed by atoms with Gasteiger partial charge in [0.1, 0.15) is 0 Å². The van der Waals surface area contributed by atoms with E-state index in [1.54, 1.807) is 30.2 Å². The largest absolute Gasteiger partial charge is 0.383 e. The van der Waals surface area contributed by atoms with Gasteiger partial charge in [0, 0.05) is 23.3 Å². The van der Waals surface area contributed by atoms with Crippen molar-refractivity contribution in [1.82, 2.24) is 4.98 Å². The number of hydrogen-bond acceptors (Lipinski definition) is 4. The Morgan fingerprint density at radius 1 is 1.35 bits per heavy atom. The highest BCUT2D eigenvalue weighted by molar-refractivity contribution is 7.98. The average molecular weight is 287 g/mol. The van der Waals surface area contributed by atoms with E-state index >= 15 is 0 Å². The van der Waals surface area contributed by atoms with Crippen molar-refractivity contribution >= 4 is 29.0 Å². The van der Waals surface area contributed by atoms with E-state index in [1.807, 2.05) is 37.4 Å². The maximum Gasteiger partial charge on any atom is 0.257 e. The summed E-state index contributed by atoms with van der Waals surface area (Å²) in [5, 5.41) is 6.05. The summed E-state index contributed by atoms with van der Waals surface area (Å²) in [6.07, 6.45) is 5.29. The number of aromatic nitrogens is 1. The minimum absolute atomic E-state index is 0.137. The van der Waals surface area contributed by atoms with Crippen LogP contribution < -0.4 is 10.6 Å².